The average molecular weight is 678 g/mol. The van der Waals surface area contributed by atoms with Crippen molar-refractivity contribution in [3.8, 4) is 0 Å². The van der Waals surface area contributed by atoms with E-state index in [2.05, 4.69) is 43.5 Å². The molecule has 0 bridgehead atoms. The SMILES string of the molecule is CCCCCCCCCC/C=C/CCCC(O)C(O)C(CO)NC(=O)CCCCCCCCC/C=C\CCCCCCCCCCCC. The second-order valence-electron chi connectivity index (χ2n) is 14.5. The standard InChI is InChI=1S/C43H83NO4/c1-3-5-7-9-11-13-15-17-18-19-20-21-22-23-24-26-28-30-32-34-36-38-42(47)44-40(39-45)43(48)41(46)37-35-33-31-29-27-25-16-14-12-10-8-6-4-2/h21-22,29,31,40-41,43,45-46,48H,3-20,23-28,30,32-39H2,1-2H3,(H,44,47)/b22-21-,31-29+. The molecule has 5 nitrogen and oxygen atoms in total. The maximum absolute atomic E-state index is 12.4. The molecule has 0 aromatic carbocycles. The lowest BCUT2D eigenvalue weighted by atomic mass is 10.0. The van der Waals surface area contributed by atoms with Gasteiger partial charge in [0, 0.05) is 6.42 Å². The predicted octanol–water partition coefficient (Wildman–Crippen LogP) is 11.8. The number of carbonyl (C=O) groups excluding carboxylic acids is 1. The number of rotatable bonds is 38. The van der Waals surface area contributed by atoms with Gasteiger partial charge in [0.2, 0.25) is 5.91 Å². The quantitative estimate of drug-likeness (QED) is 0.0387. The van der Waals surface area contributed by atoms with Gasteiger partial charge >= 0.3 is 0 Å². The van der Waals surface area contributed by atoms with E-state index in [1.807, 2.05) is 0 Å². The number of allylic oxidation sites excluding steroid dienone is 4. The summed E-state index contributed by atoms with van der Waals surface area (Å²) in [6, 6.07) is -0.825. The Hall–Kier alpha value is -1.17. The minimum atomic E-state index is -1.16. The lowest BCUT2D eigenvalue weighted by Crippen LogP contribution is -2.50. The number of aliphatic hydroxyl groups excluding tert-OH is 3. The summed E-state index contributed by atoms with van der Waals surface area (Å²) in [6.45, 7) is 4.16. The molecule has 0 saturated heterocycles. The Morgan fingerprint density at radius 3 is 1.21 bits per heavy atom. The van der Waals surface area contributed by atoms with E-state index in [0.29, 0.717) is 12.8 Å². The van der Waals surface area contributed by atoms with Crippen LogP contribution in [0.15, 0.2) is 24.3 Å². The smallest absolute Gasteiger partial charge is 0.220 e. The number of amides is 1. The first-order chi connectivity index (χ1) is 23.6. The van der Waals surface area contributed by atoms with Crippen LogP contribution in [0.5, 0.6) is 0 Å². The monoisotopic (exact) mass is 678 g/mol. The molecule has 0 aliphatic heterocycles. The van der Waals surface area contributed by atoms with Gasteiger partial charge < -0.3 is 20.6 Å². The molecular formula is C43H83NO4. The molecular weight excluding hydrogens is 594 g/mol. The molecule has 0 aromatic rings. The van der Waals surface area contributed by atoms with Crippen LogP contribution in [0.1, 0.15) is 219 Å². The molecule has 0 heterocycles. The van der Waals surface area contributed by atoms with Crippen LogP contribution in [-0.4, -0.2) is 46.1 Å². The number of nitrogens with one attached hydrogen (secondary N) is 1. The molecule has 0 aromatic heterocycles. The van der Waals surface area contributed by atoms with Crippen LogP contribution in [0.2, 0.25) is 0 Å². The normalized spacial score (nSPS) is 13.9. The maximum Gasteiger partial charge on any atom is 0.220 e. The van der Waals surface area contributed by atoms with Crippen molar-refractivity contribution in [2.24, 2.45) is 0 Å². The van der Waals surface area contributed by atoms with Gasteiger partial charge in [-0.2, -0.15) is 0 Å². The van der Waals surface area contributed by atoms with Crippen molar-refractivity contribution >= 4 is 5.91 Å². The Balaban J connectivity index is 3.66. The van der Waals surface area contributed by atoms with Crippen molar-refractivity contribution in [1.82, 2.24) is 5.32 Å². The fourth-order valence-corrected chi connectivity index (χ4v) is 6.45. The third-order valence-corrected chi connectivity index (χ3v) is 9.78. The minimum absolute atomic E-state index is 0.159. The second kappa shape index (κ2) is 38.6. The molecule has 4 N–H and O–H groups in total. The molecule has 3 unspecified atom stereocenters. The van der Waals surface area contributed by atoms with E-state index in [0.717, 1.165) is 38.5 Å². The molecule has 0 radical (unpaired) electrons. The Bertz CT molecular complexity index is 709. The highest BCUT2D eigenvalue weighted by atomic mass is 16.3. The molecule has 5 heteroatoms. The Morgan fingerprint density at radius 1 is 0.500 bits per heavy atom. The van der Waals surface area contributed by atoms with Gasteiger partial charge in [0.25, 0.3) is 0 Å². The fraction of sp³-hybridized carbons (Fsp3) is 0.884. The van der Waals surface area contributed by atoms with Crippen molar-refractivity contribution in [2.75, 3.05) is 6.61 Å². The van der Waals surface area contributed by atoms with Gasteiger partial charge in [0.1, 0.15) is 6.10 Å². The Morgan fingerprint density at radius 2 is 0.833 bits per heavy atom. The molecule has 1 amide bonds. The highest BCUT2D eigenvalue weighted by Crippen LogP contribution is 2.14. The zero-order chi connectivity index (χ0) is 35.2. The van der Waals surface area contributed by atoms with E-state index in [4.69, 9.17) is 0 Å². The van der Waals surface area contributed by atoms with Gasteiger partial charge in [-0.25, -0.2) is 0 Å². The number of hydrogen-bond donors (Lipinski definition) is 4. The van der Waals surface area contributed by atoms with Gasteiger partial charge in [-0.3, -0.25) is 4.79 Å². The molecule has 0 spiro atoms. The fourth-order valence-electron chi connectivity index (χ4n) is 6.45. The topological polar surface area (TPSA) is 89.8 Å². The van der Waals surface area contributed by atoms with Crippen molar-refractivity contribution in [3.05, 3.63) is 24.3 Å². The summed E-state index contributed by atoms with van der Waals surface area (Å²) in [5.41, 5.74) is 0. The molecule has 0 fully saturated rings. The third-order valence-electron chi connectivity index (χ3n) is 9.78. The summed E-state index contributed by atoms with van der Waals surface area (Å²) in [5.74, 6) is -0.159. The Kier molecular flexibility index (Phi) is 37.7. The van der Waals surface area contributed by atoms with Crippen LogP contribution in [0.3, 0.4) is 0 Å². The highest BCUT2D eigenvalue weighted by molar-refractivity contribution is 5.76. The molecule has 284 valence electrons. The van der Waals surface area contributed by atoms with Crippen molar-refractivity contribution in [3.63, 3.8) is 0 Å². The van der Waals surface area contributed by atoms with E-state index < -0.39 is 18.2 Å². The van der Waals surface area contributed by atoms with Crippen LogP contribution in [0, 0.1) is 0 Å². The van der Waals surface area contributed by atoms with Gasteiger partial charge in [-0.15, -0.1) is 0 Å². The summed E-state index contributed by atoms with van der Waals surface area (Å²) in [4.78, 5) is 12.4. The molecule has 3 atom stereocenters. The van der Waals surface area contributed by atoms with Crippen molar-refractivity contribution in [1.29, 1.82) is 0 Å². The largest absolute Gasteiger partial charge is 0.394 e. The molecule has 0 saturated carbocycles. The minimum Gasteiger partial charge on any atom is -0.394 e. The first kappa shape index (κ1) is 46.8. The van der Waals surface area contributed by atoms with Crippen molar-refractivity contribution in [2.45, 2.75) is 238 Å². The first-order valence-corrected chi connectivity index (χ1v) is 21.1. The van der Waals surface area contributed by atoms with Crippen LogP contribution in [-0.2, 0) is 4.79 Å². The molecule has 0 rings (SSSR count). The van der Waals surface area contributed by atoms with Crippen LogP contribution < -0.4 is 5.32 Å². The summed E-state index contributed by atoms with van der Waals surface area (Å²) >= 11 is 0. The Labute approximate surface area is 299 Å². The first-order valence-electron chi connectivity index (χ1n) is 21.1. The number of unbranched alkanes of at least 4 members (excludes halogenated alkanes) is 26. The molecule has 0 aliphatic carbocycles. The summed E-state index contributed by atoms with van der Waals surface area (Å²) in [6.07, 6.45) is 45.7. The summed E-state index contributed by atoms with van der Waals surface area (Å²) < 4.78 is 0. The number of hydrogen-bond acceptors (Lipinski definition) is 4. The van der Waals surface area contributed by atoms with E-state index in [1.54, 1.807) is 0 Å². The second-order valence-corrected chi connectivity index (χ2v) is 14.5. The number of aliphatic hydroxyl groups is 3. The average Bonchev–Trinajstić information content (AvgIpc) is 3.09. The van der Waals surface area contributed by atoms with Gasteiger partial charge in [-0.05, 0) is 64.2 Å². The van der Waals surface area contributed by atoms with Crippen LogP contribution in [0.25, 0.3) is 0 Å². The zero-order valence-corrected chi connectivity index (χ0v) is 32.1. The van der Waals surface area contributed by atoms with Gasteiger partial charge in [0.05, 0.1) is 18.8 Å². The predicted molar refractivity (Wildman–Crippen MR) is 208 cm³/mol. The van der Waals surface area contributed by atoms with Gasteiger partial charge in [-0.1, -0.05) is 173 Å². The van der Waals surface area contributed by atoms with E-state index >= 15 is 0 Å². The maximum atomic E-state index is 12.4. The van der Waals surface area contributed by atoms with E-state index in [9.17, 15) is 20.1 Å². The lowest BCUT2D eigenvalue weighted by molar-refractivity contribution is -0.124. The van der Waals surface area contributed by atoms with E-state index in [-0.39, 0.29) is 12.5 Å². The van der Waals surface area contributed by atoms with Crippen molar-refractivity contribution < 1.29 is 20.1 Å². The zero-order valence-electron chi connectivity index (χ0n) is 32.1. The lowest BCUT2D eigenvalue weighted by Gasteiger charge is -2.26. The molecule has 48 heavy (non-hydrogen) atoms. The van der Waals surface area contributed by atoms with Gasteiger partial charge in [0.15, 0.2) is 0 Å². The van der Waals surface area contributed by atoms with E-state index in [1.165, 1.54) is 154 Å². The van der Waals surface area contributed by atoms with Crippen LogP contribution in [0.4, 0.5) is 0 Å². The third kappa shape index (κ3) is 33.3. The summed E-state index contributed by atoms with van der Waals surface area (Å²) in [5, 5.41) is 33.4. The summed E-state index contributed by atoms with van der Waals surface area (Å²) in [7, 11) is 0. The van der Waals surface area contributed by atoms with Crippen LogP contribution >= 0.6 is 0 Å². The highest BCUT2D eigenvalue weighted by Gasteiger charge is 2.26. The molecule has 0 aliphatic rings. The number of carbonyl (C=O) groups is 1.